The minimum absolute atomic E-state index is 0.0686. The van der Waals surface area contributed by atoms with E-state index in [2.05, 4.69) is 41.8 Å². The highest BCUT2D eigenvalue weighted by molar-refractivity contribution is 5.89. The molecule has 0 spiro atoms. The first kappa shape index (κ1) is 43.9. The summed E-state index contributed by atoms with van der Waals surface area (Å²) in [6, 6.07) is 15.7. The molecular weight excluding hydrogens is 785 g/mol. The van der Waals surface area contributed by atoms with Crippen molar-refractivity contribution in [1.82, 2.24) is 24.3 Å². The summed E-state index contributed by atoms with van der Waals surface area (Å²) in [5, 5.41) is 11.4. The molecule has 334 valence electrons. The number of anilines is 1. The van der Waals surface area contributed by atoms with E-state index in [-0.39, 0.29) is 35.8 Å². The number of aromatic hydroxyl groups is 1. The number of phenolic OH excluding ortho intramolecular Hbond substituents is 1. The van der Waals surface area contributed by atoms with Crippen molar-refractivity contribution in [2.75, 3.05) is 57.9 Å². The van der Waals surface area contributed by atoms with Gasteiger partial charge >= 0.3 is 6.09 Å². The number of fused-ring (bicyclic) bond motifs is 1. The first-order valence-electron chi connectivity index (χ1n) is 22.8. The number of ether oxygens (including phenoxy) is 4. The maximum Gasteiger partial charge on any atom is 0.410 e. The van der Waals surface area contributed by atoms with Crippen LogP contribution in [0.25, 0.3) is 22.0 Å². The molecule has 13 heteroatoms. The highest BCUT2D eigenvalue weighted by Gasteiger charge is 2.44. The molecule has 8 rings (SSSR count). The van der Waals surface area contributed by atoms with Crippen molar-refractivity contribution in [2.24, 2.45) is 18.9 Å². The Morgan fingerprint density at radius 1 is 0.919 bits per heavy atom. The highest BCUT2D eigenvalue weighted by Crippen LogP contribution is 2.49. The molecule has 3 saturated heterocycles. The third kappa shape index (κ3) is 9.75. The van der Waals surface area contributed by atoms with Gasteiger partial charge in [-0.3, -0.25) is 9.69 Å². The van der Waals surface area contributed by atoms with E-state index in [1.165, 1.54) is 6.07 Å². The van der Waals surface area contributed by atoms with Crippen molar-refractivity contribution >= 4 is 22.9 Å². The van der Waals surface area contributed by atoms with E-state index in [0.29, 0.717) is 43.3 Å². The monoisotopic (exact) mass is 850 g/mol. The average Bonchev–Trinajstić information content (AvgIpc) is 4.08. The Morgan fingerprint density at radius 2 is 1.68 bits per heavy atom. The van der Waals surface area contributed by atoms with Crippen LogP contribution in [-0.2, 0) is 26.7 Å². The van der Waals surface area contributed by atoms with Gasteiger partial charge in [0.15, 0.2) is 6.29 Å². The quantitative estimate of drug-likeness (QED) is 0.149. The predicted molar refractivity (Wildman–Crippen MR) is 241 cm³/mol. The summed E-state index contributed by atoms with van der Waals surface area (Å²) in [6.45, 7) is 15.2. The van der Waals surface area contributed by atoms with Crippen molar-refractivity contribution in [3.05, 3.63) is 76.3 Å². The maximum absolute atomic E-state index is 13.0. The zero-order valence-corrected chi connectivity index (χ0v) is 37.8. The Hall–Kier alpha value is -4.72. The van der Waals surface area contributed by atoms with Crippen LogP contribution in [0.3, 0.4) is 0 Å². The molecule has 62 heavy (non-hydrogen) atoms. The van der Waals surface area contributed by atoms with Gasteiger partial charge in [-0.25, -0.2) is 14.8 Å². The van der Waals surface area contributed by atoms with Crippen LogP contribution in [0, 0.1) is 11.8 Å². The number of aryl methyl sites for hydroxylation is 1. The second-order valence-electron chi connectivity index (χ2n) is 19.4. The fourth-order valence-corrected chi connectivity index (χ4v) is 9.70. The second-order valence-corrected chi connectivity index (χ2v) is 19.4. The van der Waals surface area contributed by atoms with Gasteiger partial charge in [-0.1, -0.05) is 31.0 Å². The number of benzene rings is 2. The molecule has 2 aromatic heterocycles. The molecule has 4 fully saturated rings. The number of nitrogens with zero attached hydrogens (tertiary/aromatic N) is 6. The van der Waals surface area contributed by atoms with Gasteiger partial charge in [-0.05, 0) is 120 Å². The molecule has 2 aromatic carbocycles. The van der Waals surface area contributed by atoms with Gasteiger partial charge in [0.25, 0.3) is 5.56 Å². The van der Waals surface area contributed by atoms with E-state index in [1.54, 1.807) is 30.9 Å². The first-order chi connectivity index (χ1) is 29.7. The van der Waals surface area contributed by atoms with E-state index in [4.69, 9.17) is 28.9 Å². The molecule has 1 aliphatic carbocycles. The van der Waals surface area contributed by atoms with E-state index < -0.39 is 11.0 Å². The Labute approximate surface area is 366 Å². The van der Waals surface area contributed by atoms with Gasteiger partial charge in [0.1, 0.15) is 17.1 Å². The lowest BCUT2D eigenvalue weighted by Gasteiger charge is -2.46. The number of rotatable bonds is 12. The highest BCUT2D eigenvalue weighted by atomic mass is 16.7. The number of aromatic nitrogens is 3. The lowest BCUT2D eigenvalue weighted by molar-refractivity contribution is -0.170. The molecule has 3 aliphatic heterocycles. The number of hydrogen-bond acceptors (Lipinski definition) is 11. The third-order valence-electron chi connectivity index (χ3n) is 13.4. The zero-order chi connectivity index (χ0) is 43.8. The Bertz CT molecular complexity index is 2260. The SMILES string of the molecule is COc1cc(=O)n(C)cc1-c1ccc2nc(N3CCC(CN4C[C@@H](C)N(C(=O)OC(C)(C)C)C[C@@H]4C)CC3)nc(C(COC3CCCCO3)(CC3CC3)c3ccc(O)cc3)c2c1. The number of amides is 1. The molecule has 13 nitrogen and oxygen atoms in total. The average molecular weight is 851 g/mol. The molecule has 4 aromatic rings. The fourth-order valence-electron chi connectivity index (χ4n) is 9.70. The van der Waals surface area contributed by atoms with Crippen molar-refractivity contribution in [3.8, 4) is 22.6 Å². The van der Waals surface area contributed by atoms with E-state index in [0.717, 1.165) is 111 Å². The summed E-state index contributed by atoms with van der Waals surface area (Å²) < 4.78 is 26.0. The number of piperidine rings is 1. The number of hydrogen-bond donors (Lipinski definition) is 1. The summed E-state index contributed by atoms with van der Waals surface area (Å²) in [4.78, 5) is 43.4. The van der Waals surface area contributed by atoms with Crippen molar-refractivity contribution in [1.29, 1.82) is 0 Å². The summed E-state index contributed by atoms with van der Waals surface area (Å²) in [7, 11) is 3.34. The lowest BCUT2D eigenvalue weighted by Crippen LogP contribution is -2.59. The summed E-state index contributed by atoms with van der Waals surface area (Å²) in [6.07, 6.45) is 9.31. The molecule has 1 amide bonds. The van der Waals surface area contributed by atoms with E-state index in [1.807, 2.05) is 44.0 Å². The third-order valence-corrected chi connectivity index (χ3v) is 13.4. The van der Waals surface area contributed by atoms with Gasteiger partial charge in [0.05, 0.1) is 30.3 Å². The van der Waals surface area contributed by atoms with Gasteiger partial charge < -0.3 is 38.4 Å². The molecule has 2 unspecified atom stereocenters. The first-order valence-corrected chi connectivity index (χ1v) is 22.8. The van der Waals surface area contributed by atoms with Gasteiger partial charge in [-0.15, -0.1) is 0 Å². The molecular formula is C49H66N6O7. The fraction of sp³-hybridized carbons (Fsp3) is 0.592. The second kappa shape index (κ2) is 18.2. The van der Waals surface area contributed by atoms with E-state index >= 15 is 0 Å². The van der Waals surface area contributed by atoms with Crippen LogP contribution in [0.1, 0.15) is 97.2 Å². The lowest BCUT2D eigenvalue weighted by atomic mass is 9.72. The smallest absolute Gasteiger partial charge is 0.410 e. The molecule has 4 atom stereocenters. The molecule has 4 aliphatic rings. The zero-order valence-electron chi connectivity index (χ0n) is 37.8. The summed E-state index contributed by atoms with van der Waals surface area (Å²) >= 11 is 0. The Kier molecular flexibility index (Phi) is 12.9. The topological polar surface area (TPSA) is 132 Å². The van der Waals surface area contributed by atoms with Crippen LogP contribution < -0.4 is 15.2 Å². The van der Waals surface area contributed by atoms with Gasteiger partial charge in [-0.2, -0.15) is 0 Å². The summed E-state index contributed by atoms with van der Waals surface area (Å²) in [5.74, 6) is 2.41. The Balaban J connectivity index is 1.14. The maximum atomic E-state index is 13.0. The molecule has 1 saturated carbocycles. The van der Waals surface area contributed by atoms with Crippen LogP contribution in [0.2, 0.25) is 0 Å². The van der Waals surface area contributed by atoms with Crippen LogP contribution >= 0.6 is 0 Å². The van der Waals surface area contributed by atoms with Crippen molar-refractivity contribution < 1.29 is 28.8 Å². The minimum atomic E-state index is -0.690. The predicted octanol–water partition coefficient (Wildman–Crippen LogP) is 7.89. The molecule has 1 N–H and O–H groups in total. The number of methoxy groups -OCH3 is 1. The number of carbonyl (C=O) groups is 1. The van der Waals surface area contributed by atoms with Crippen LogP contribution in [-0.4, -0.2) is 113 Å². The molecule has 0 bridgehead atoms. The van der Waals surface area contributed by atoms with Crippen molar-refractivity contribution in [2.45, 2.75) is 115 Å². The van der Waals surface area contributed by atoms with Crippen LogP contribution in [0.4, 0.5) is 10.7 Å². The van der Waals surface area contributed by atoms with E-state index in [9.17, 15) is 14.7 Å². The number of pyridine rings is 1. The Morgan fingerprint density at radius 3 is 2.35 bits per heavy atom. The number of carbonyl (C=O) groups excluding carboxylic acids is 1. The minimum Gasteiger partial charge on any atom is -0.508 e. The molecule has 5 heterocycles. The largest absolute Gasteiger partial charge is 0.508 e. The van der Waals surface area contributed by atoms with Gasteiger partial charge in [0, 0.05) is 81.7 Å². The molecule has 0 radical (unpaired) electrons. The van der Waals surface area contributed by atoms with Crippen LogP contribution in [0.5, 0.6) is 11.5 Å². The number of phenols is 1. The number of piperazine rings is 1. The summed E-state index contributed by atoms with van der Waals surface area (Å²) in [5.41, 5.74) is 3.08. The van der Waals surface area contributed by atoms with Crippen molar-refractivity contribution in [3.63, 3.8) is 0 Å². The van der Waals surface area contributed by atoms with Gasteiger partial charge in [0.2, 0.25) is 5.95 Å². The van der Waals surface area contributed by atoms with Crippen LogP contribution in [0.15, 0.2) is 59.5 Å². The standard InChI is InChI=1S/C49H66N6O7/c1-32-28-55(47(58)62-48(3,4)5)33(2)27-54(32)29-35-19-21-53(22-20-35)46-50-41-18-13-36(40-30-52(6)43(57)25-42(40)59-7)24-39(41)45(51-46)49(26-34-11-12-34,37-14-16-38(56)17-15-37)31-61-44-10-8-9-23-60-44/h13-18,24-25,30,32-35,44,56H,8-12,19-23,26-29,31H2,1-7H3/t32-,33+,44?,49?/m0/s1. The normalized spacial score (nSPS) is 22.7.